The number of rotatable bonds is 8. The molecule has 0 saturated carbocycles. The molecular formula is C13H18N6O2. The predicted octanol–water partition coefficient (Wildman–Crippen LogP) is 1.05. The number of nitrogens with zero attached hydrogens (tertiary/aromatic N) is 3. The molecule has 2 rings (SSSR count). The van der Waals surface area contributed by atoms with Crippen molar-refractivity contribution in [1.82, 2.24) is 15.0 Å². The SMILES string of the molecule is CCOc1nc(NN)nc(NCCOc2ccccc2)n1. The van der Waals surface area contributed by atoms with Crippen LogP contribution in [0.4, 0.5) is 11.9 Å². The second-order valence-corrected chi connectivity index (χ2v) is 3.93. The first-order valence-corrected chi connectivity index (χ1v) is 6.59. The molecule has 2 aromatic rings. The van der Waals surface area contributed by atoms with Crippen LogP contribution in [-0.4, -0.2) is 34.7 Å². The Balaban J connectivity index is 1.86. The lowest BCUT2D eigenvalue weighted by Gasteiger charge is -2.09. The van der Waals surface area contributed by atoms with Gasteiger partial charge in [-0.25, -0.2) is 5.84 Å². The number of nitrogens with one attached hydrogen (secondary N) is 2. The van der Waals surface area contributed by atoms with Crippen LogP contribution in [-0.2, 0) is 0 Å². The normalized spacial score (nSPS) is 10.0. The number of hydrogen-bond acceptors (Lipinski definition) is 8. The van der Waals surface area contributed by atoms with Crippen LogP contribution in [0.1, 0.15) is 6.92 Å². The number of anilines is 2. The second kappa shape index (κ2) is 7.85. The summed E-state index contributed by atoms with van der Waals surface area (Å²) in [5.41, 5.74) is 2.37. The van der Waals surface area contributed by atoms with Gasteiger partial charge in [-0.3, -0.25) is 5.43 Å². The van der Waals surface area contributed by atoms with Crippen molar-refractivity contribution >= 4 is 11.9 Å². The molecule has 8 heteroatoms. The van der Waals surface area contributed by atoms with E-state index < -0.39 is 0 Å². The summed E-state index contributed by atoms with van der Waals surface area (Å²) in [4.78, 5) is 12.1. The first-order chi connectivity index (χ1) is 10.3. The Hall–Kier alpha value is -2.61. The molecule has 112 valence electrons. The lowest BCUT2D eigenvalue weighted by molar-refractivity contribution is 0.312. The fourth-order valence-electron chi connectivity index (χ4n) is 1.54. The number of para-hydroxylation sites is 1. The van der Waals surface area contributed by atoms with E-state index in [2.05, 4.69) is 25.7 Å². The summed E-state index contributed by atoms with van der Waals surface area (Å²) >= 11 is 0. The van der Waals surface area contributed by atoms with Gasteiger partial charge in [-0.2, -0.15) is 15.0 Å². The first-order valence-electron chi connectivity index (χ1n) is 6.59. The van der Waals surface area contributed by atoms with Gasteiger partial charge in [0.15, 0.2) is 0 Å². The molecule has 0 unspecified atom stereocenters. The third kappa shape index (κ3) is 4.77. The number of hydrazine groups is 1. The fraction of sp³-hybridized carbons (Fsp3) is 0.308. The lowest BCUT2D eigenvalue weighted by atomic mass is 10.3. The van der Waals surface area contributed by atoms with Crippen LogP contribution in [0.3, 0.4) is 0 Å². The van der Waals surface area contributed by atoms with E-state index in [1.165, 1.54) is 0 Å². The Kier molecular flexibility index (Phi) is 5.53. The summed E-state index contributed by atoms with van der Waals surface area (Å²) in [5.74, 6) is 6.73. The minimum atomic E-state index is 0.215. The molecule has 0 fully saturated rings. The minimum Gasteiger partial charge on any atom is -0.492 e. The topological polar surface area (TPSA) is 107 Å². The maximum absolute atomic E-state index is 5.56. The standard InChI is InChI=1S/C13H18N6O2/c1-2-20-13-17-11(16-12(18-13)19-14)15-8-9-21-10-6-4-3-5-7-10/h3-7H,2,8-9,14H2,1H3,(H2,15,16,17,18,19). The van der Waals surface area contributed by atoms with Crippen molar-refractivity contribution in [2.75, 3.05) is 30.5 Å². The predicted molar refractivity (Wildman–Crippen MR) is 79.2 cm³/mol. The van der Waals surface area contributed by atoms with Gasteiger partial charge in [-0.15, -0.1) is 0 Å². The van der Waals surface area contributed by atoms with Gasteiger partial charge in [0.1, 0.15) is 12.4 Å². The van der Waals surface area contributed by atoms with E-state index in [1.807, 2.05) is 37.3 Å². The van der Waals surface area contributed by atoms with Gasteiger partial charge in [0.2, 0.25) is 11.9 Å². The minimum absolute atomic E-state index is 0.215. The van der Waals surface area contributed by atoms with Crippen LogP contribution >= 0.6 is 0 Å². The molecule has 0 saturated heterocycles. The van der Waals surface area contributed by atoms with E-state index in [0.29, 0.717) is 25.7 Å². The number of aromatic nitrogens is 3. The van der Waals surface area contributed by atoms with Crippen molar-refractivity contribution in [1.29, 1.82) is 0 Å². The summed E-state index contributed by atoms with van der Waals surface area (Å²) in [5, 5.41) is 3.03. The molecule has 1 aromatic carbocycles. The molecule has 1 aromatic heterocycles. The van der Waals surface area contributed by atoms with Gasteiger partial charge in [-0.05, 0) is 19.1 Å². The number of hydrogen-bond donors (Lipinski definition) is 3. The molecular weight excluding hydrogens is 272 g/mol. The van der Waals surface area contributed by atoms with E-state index in [1.54, 1.807) is 0 Å². The Morgan fingerprint density at radius 1 is 1.05 bits per heavy atom. The van der Waals surface area contributed by atoms with Crippen LogP contribution in [0, 0.1) is 0 Å². The van der Waals surface area contributed by atoms with Crippen LogP contribution in [0.15, 0.2) is 30.3 Å². The molecule has 21 heavy (non-hydrogen) atoms. The zero-order valence-corrected chi connectivity index (χ0v) is 11.7. The first kappa shape index (κ1) is 14.8. The highest BCUT2D eigenvalue weighted by atomic mass is 16.5. The van der Waals surface area contributed by atoms with Gasteiger partial charge >= 0.3 is 6.01 Å². The molecule has 0 spiro atoms. The largest absolute Gasteiger partial charge is 0.492 e. The zero-order chi connectivity index (χ0) is 14.9. The van der Waals surface area contributed by atoms with Crippen molar-refractivity contribution in [2.24, 2.45) is 5.84 Å². The smallest absolute Gasteiger partial charge is 0.323 e. The quantitative estimate of drug-likeness (QED) is 0.376. The Labute approximate surface area is 122 Å². The van der Waals surface area contributed by atoms with Crippen molar-refractivity contribution < 1.29 is 9.47 Å². The van der Waals surface area contributed by atoms with E-state index in [0.717, 1.165) is 5.75 Å². The molecule has 0 aliphatic carbocycles. The van der Waals surface area contributed by atoms with Gasteiger partial charge in [-0.1, -0.05) is 18.2 Å². The van der Waals surface area contributed by atoms with Crippen molar-refractivity contribution in [3.63, 3.8) is 0 Å². The summed E-state index contributed by atoms with van der Waals surface area (Å²) in [6.45, 7) is 3.32. The molecule has 0 aliphatic rings. The molecule has 0 radical (unpaired) electrons. The van der Waals surface area contributed by atoms with Crippen LogP contribution in [0.2, 0.25) is 0 Å². The highest BCUT2D eigenvalue weighted by Crippen LogP contribution is 2.11. The summed E-state index contributed by atoms with van der Waals surface area (Å²) in [6, 6.07) is 9.78. The number of nitrogen functional groups attached to an aromatic ring is 1. The van der Waals surface area contributed by atoms with Crippen molar-refractivity contribution in [3.8, 4) is 11.8 Å². The van der Waals surface area contributed by atoms with E-state index in [9.17, 15) is 0 Å². The maximum atomic E-state index is 5.56. The second-order valence-electron chi connectivity index (χ2n) is 3.93. The van der Waals surface area contributed by atoms with Crippen LogP contribution in [0.5, 0.6) is 11.8 Å². The van der Waals surface area contributed by atoms with Crippen molar-refractivity contribution in [2.45, 2.75) is 6.92 Å². The number of benzene rings is 1. The van der Waals surface area contributed by atoms with Crippen LogP contribution in [0.25, 0.3) is 0 Å². The third-order valence-corrected chi connectivity index (χ3v) is 2.41. The third-order valence-electron chi connectivity index (χ3n) is 2.41. The van der Waals surface area contributed by atoms with E-state index >= 15 is 0 Å². The average molecular weight is 290 g/mol. The zero-order valence-electron chi connectivity index (χ0n) is 11.7. The van der Waals surface area contributed by atoms with E-state index in [4.69, 9.17) is 15.3 Å². The van der Waals surface area contributed by atoms with Gasteiger partial charge in [0.25, 0.3) is 0 Å². The Bertz CT molecular complexity index is 552. The number of nitrogens with two attached hydrogens (primary N) is 1. The van der Waals surface area contributed by atoms with Crippen molar-refractivity contribution in [3.05, 3.63) is 30.3 Å². The number of ether oxygens (including phenoxy) is 2. The van der Waals surface area contributed by atoms with Gasteiger partial charge in [0, 0.05) is 0 Å². The van der Waals surface area contributed by atoms with Gasteiger partial charge in [0.05, 0.1) is 13.2 Å². The molecule has 0 bridgehead atoms. The fourth-order valence-corrected chi connectivity index (χ4v) is 1.54. The highest BCUT2D eigenvalue weighted by Gasteiger charge is 2.05. The Morgan fingerprint density at radius 3 is 2.52 bits per heavy atom. The average Bonchev–Trinajstić information content (AvgIpc) is 2.53. The molecule has 1 heterocycles. The highest BCUT2D eigenvalue weighted by molar-refractivity contribution is 5.34. The summed E-state index contributed by atoms with van der Waals surface area (Å²) < 4.78 is 10.8. The molecule has 8 nitrogen and oxygen atoms in total. The Morgan fingerprint density at radius 2 is 1.81 bits per heavy atom. The van der Waals surface area contributed by atoms with Crippen LogP contribution < -0.4 is 26.1 Å². The lowest BCUT2D eigenvalue weighted by Crippen LogP contribution is -2.17. The monoisotopic (exact) mass is 290 g/mol. The van der Waals surface area contributed by atoms with Gasteiger partial charge < -0.3 is 14.8 Å². The summed E-state index contributed by atoms with van der Waals surface area (Å²) in [7, 11) is 0. The maximum Gasteiger partial charge on any atom is 0.323 e. The molecule has 0 aliphatic heterocycles. The van der Waals surface area contributed by atoms with E-state index in [-0.39, 0.29) is 12.0 Å². The summed E-state index contributed by atoms with van der Waals surface area (Å²) in [6.07, 6.45) is 0. The molecule has 4 N–H and O–H groups in total. The molecule has 0 amide bonds. The molecule has 0 atom stereocenters.